The molecule has 27 heavy (non-hydrogen) atoms. The van der Waals surface area contributed by atoms with Crippen LogP contribution in [0, 0.1) is 10.1 Å². The summed E-state index contributed by atoms with van der Waals surface area (Å²) in [5.74, 6) is -2.15. The summed E-state index contributed by atoms with van der Waals surface area (Å²) >= 11 is 0. The lowest BCUT2D eigenvalue weighted by atomic mass is 10.2. The minimum atomic E-state index is -1.08. The van der Waals surface area contributed by atoms with Gasteiger partial charge in [-0.2, -0.15) is 0 Å². The second-order valence-corrected chi connectivity index (χ2v) is 5.67. The number of carboxylic acid groups (broad SMARTS) is 1. The maximum absolute atomic E-state index is 12.3. The zero-order valence-electron chi connectivity index (χ0n) is 13.7. The summed E-state index contributed by atoms with van der Waals surface area (Å²) in [6.45, 7) is -0.378. The van der Waals surface area contributed by atoms with Gasteiger partial charge in [-0.15, -0.1) is 0 Å². The van der Waals surface area contributed by atoms with Crippen LogP contribution in [0.4, 0.5) is 17.1 Å². The molecule has 0 fully saturated rings. The standard InChI is InChI=1S/C17H13N3O7/c21-15(18-11-3-1-10(2-4-11)17(23)24)8-19-9-16(22)27-14-7-12(20(25)26)5-6-13(14)19/h1-7H,8-9H2,(H,18,21)(H,23,24). The average Bonchev–Trinajstić information content (AvgIpc) is 2.61. The van der Waals surface area contributed by atoms with E-state index >= 15 is 0 Å². The van der Waals surface area contributed by atoms with Gasteiger partial charge >= 0.3 is 11.9 Å². The highest BCUT2D eigenvalue weighted by Crippen LogP contribution is 2.35. The van der Waals surface area contributed by atoms with Gasteiger partial charge in [-0.25, -0.2) is 9.59 Å². The number of fused-ring (bicyclic) bond motifs is 1. The van der Waals surface area contributed by atoms with Gasteiger partial charge in [0, 0.05) is 11.8 Å². The number of esters is 1. The van der Waals surface area contributed by atoms with Crippen LogP contribution in [0.2, 0.25) is 0 Å². The van der Waals surface area contributed by atoms with E-state index in [4.69, 9.17) is 9.84 Å². The number of hydrogen-bond donors (Lipinski definition) is 2. The number of nitro benzene ring substituents is 1. The van der Waals surface area contributed by atoms with Gasteiger partial charge in [0.2, 0.25) is 5.91 Å². The van der Waals surface area contributed by atoms with Crippen LogP contribution in [0.5, 0.6) is 5.75 Å². The minimum Gasteiger partial charge on any atom is -0.478 e. The number of anilines is 2. The average molecular weight is 371 g/mol. The molecule has 1 aliphatic rings. The summed E-state index contributed by atoms with van der Waals surface area (Å²) in [5.41, 5.74) is 0.638. The van der Waals surface area contributed by atoms with E-state index in [1.165, 1.54) is 41.3 Å². The molecule has 0 radical (unpaired) electrons. The summed E-state index contributed by atoms with van der Waals surface area (Å²) in [6, 6.07) is 9.39. The van der Waals surface area contributed by atoms with Crippen LogP contribution < -0.4 is 15.0 Å². The summed E-state index contributed by atoms with van der Waals surface area (Å²) in [7, 11) is 0. The molecular formula is C17H13N3O7. The molecule has 1 aliphatic heterocycles. The zero-order valence-corrected chi connectivity index (χ0v) is 13.7. The Labute approximate surface area is 152 Å². The van der Waals surface area contributed by atoms with Crippen molar-refractivity contribution < 1.29 is 29.2 Å². The Hall–Kier alpha value is -3.95. The van der Waals surface area contributed by atoms with Crippen molar-refractivity contribution in [3.8, 4) is 5.75 Å². The normalized spacial score (nSPS) is 12.7. The molecule has 1 amide bonds. The molecule has 10 nitrogen and oxygen atoms in total. The number of benzene rings is 2. The predicted octanol–water partition coefficient (Wildman–Crippen LogP) is 1.66. The van der Waals surface area contributed by atoms with Crippen LogP contribution in [0.1, 0.15) is 10.4 Å². The number of aromatic carboxylic acids is 1. The van der Waals surface area contributed by atoms with E-state index in [2.05, 4.69) is 5.32 Å². The lowest BCUT2D eigenvalue weighted by Gasteiger charge is -2.28. The van der Waals surface area contributed by atoms with Crippen molar-refractivity contribution in [3.63, 3.8) is 0 Å². The highest BCUT2D eigenvalue weighted by molar-refractivity contribution is 5.97. The number of nitro groups is 1. The van der Waals surface area contributed by atoms with Crippen molar-refractivity contribution in [1.29, 1.82) is 0 Å². The Morgan fingerprint density at radius 1 is 1.22 bits per heavy atom. The lowest BCUT2D eigenvalue weighted by Crippen LogP contribution is -2.41. The maximum atomic E-state index is 12.3. The van der Waals surface area contributed by atoms with Crippen LogP contribution in [-0.4, -0.2) is 41.0 Å². The fourth-order valence-corrected chi connectivity index (χ4v) is 2.57. The van der Waals surface area contributed by atoms with Gasteiger partial charge in [0.1, 0.15) is 6.54 Å². The van der Waals surface area contributed by atoms with E-state index in [0.29, 0.717) is 11.4 Å². The van der Waals surface area contributed by atoms with Crippen molar-refractivity contribution >= 4 is 34.9 Å². The fraction of sp³-hybridized carbons (Fsp3) is 0.118. The molecule has 0 bridgehead atoms. The quantitative estimate of drug-likeness (QED) is 0.350. The Morgan fingerprint density at radius 3 is 2.56 bits per heavy atom. The van der Waals surface area contributed by atoms with Crippen LogP contribution in [-0.2, 0) is 9.59 Å². The minimum absolute atomic E-state index is 0.0130. The smallest absolute Gasteiger partial charge is 0.335 e. The van der Waals surface area contributed by atoms with Crippen LogP contribution in [0.25, 0.3) is 0 Å². The molecule has 2 aromatic rings. The lowest BCUT2D eigenvalue weighted by molar-refractivity contribution is -0.384. The Bertz CT molecular complexity index is 940. The number of carbonyl (C=O) groups excluding carboxylic acids is 2. The van der Waals surface area contributed by atoms with Crippen molar-refractivity contribution in [2.75, 3.05) is 23.3 Å². The number of rotatable bonds is 5. The third-order valence-corrected chi connectivity index (χ3v) is 3.79. The molecular weight excluding hydrogens is 358 g/mol. The van der Waals surface area contributed by atoms with Crippen LogP contribution in [0.3, 0.4) is 0 Å². The molecule has 0 unspecified atom stereocenters. The molecule has 2 N–H and O–H groups in total. The zero-order chi connectivity index (χ0) is 19.6. The first kappa shape index (κ1) is 17.9. The van der Waals surface area contributed by atoms with Crippen LogP contribution >= 0.6 is 0 Å². The van der Waals surface area contributed by atoms with Crippen LogP contribution in [0.15, 0.2) is 42.5 Å². The van der Waals surface area contributed by atoms with Gasteiger partial charge in [0.15, 0.2) is 5.75 Å². The van der Waals surface area contributed by atoms with E-state index in [9.17, 15) is 24.5 Å². The first-order valence-electron chi connectivity index (χ1n) is 7.71. The summed E-state index contributed by atoms with van der Waals surface area (Å²) < 4.78 is 5.02. The molecule has 0 saturated carbocycles. The molecule has 3 rings (SSSR count). The number of nitrogens with one attached hydrogen (secondary N) is 1. The molecule has 1 heterocycles. The van der Waals surface area contributed by atoms with Crippen molar-refractivity contribution in [2.24, 2.45) is 0 Å². The summed E-state index contributed by atoms with van der Waals surface area (Å²) in [4.78, 5) is 46.5. The summed E-state index contributed by atoms with van der Waals surface area (Å²) in [6.07, 6.45) is 0. The number of hydrogen-bond acceptors (Lipinski definition) is 7. The number of amides is 1. The Kier molecular flexibility index (Phi) is 4.71. The number of carbonyl (C=O) groups is 3. The summed E-state index contributed by atoms with van der Waals surface area (Å²) in [5, 5.41) is 22.3. The first-order chi connectivity index (χ1) is 12.8. The first-order valence-corrected chi connectivity index (χ1v) is 7.71. The third kappa shape index (κ3) is 4.00. The number of carboxylic acids is 1. The molecule has 138 valence electrons. The predicted molar refractivity (Wildman–Crippen MR) is 93.0 cm³/mol. The maximum Gasteiger partial charge on any atom is 0.335 e. The van der Waals surface area contributed by atoms with Crippen molar-refractivity contribution in [2.45, 2.75) is 0 Å². The molecule has 0 aromatic heterocycles. The van der Waals surface area contributed by atoms with Gasteiger partial charge in [-0.3, -0.25) is 14.9 Å². The van der Waals surface area contributed by atoms with Crippen molar-refractivity contribution in [1.82, 2.24) is 0 Å². The van der Waals surface area contributed by atoms with Gasteiger partial charge in [0.05, 0.1) is 28.8 Å². The van der Waals surface area contributed by atoms with Gasteiger partial charge in [-0.05, 0) is 30.3 Å². The van der Waals surface area contributed by atoms with E-state index < -0.39 is 22.8 Å². The third-order valence-electron chi connectivity index (χ3n) is 3.79. The Balaban J connectivity index is 1.73. The van der Waals surface area contributed by atoms with Gasteiger partial charge < -0.3 is 20.1 Å². The molecule has 0 saturated heterocycles. The van der Waals surface area contributed by atoms with E-state index in [1.807, 2.05) is 0 Å². The highest BCUT2D eigenvalue weighted by atomic mass is 16.6. The topological polar surface area (TPSA) is 139 Å². The molecule has 2 aromatic carbocycles. The highest BCUT2D eigenvalue weighted by Gasteiger charge is 2.27. The fourth-order valence-electron chi connectivity index (χ4n) is 2.57. The number of non-ortho nitro benzene ring substituents is 1. The van der Waals surface area contributed by atoms with E-state index in [-0.39, 0.29) is 30.1 Å². The molecule has 0 spiro atoms. The molecule has 10 heteroatoms. The molecule has 0 atom stereocenters. The van der Waals surface area contributed by atoms with Gasteiger partial charge in [0.25, 0.3) is 5.69 Å². The van der Waals surface area contributed by atoms with E-state index in [1.54, 1.807) is 0 Å². The van der Waals surface area contributed by atoms with Gasteiger partial charge in [-0.1, -0.05) is 0 Å². The molecule has 0 aliphatic carbocycles. The van der Waals surface area contributed by atoms with Crippen molar-refractivity contribution in [3.05, 3.63) is 58.1 Å². The number of nitrogens with zero attached hydrogens (tertiary/aromatic N) is 2. The second-order valence-electron chi connectivity index (χ2n) is 5.67. The SMILES string of the molecule is O=C(CN1CC(=O)Oc2cc([N+](=O)[O-])ccc21)Nc1ccc(C(=O)O)cc1. The van der Waals surface area contributed by atoms with E-state index in [0.717, 1.165) is 6.07 Å². The largest absolute Gasteiger partial charge is 0.478 e. The Morgan fingerprint density at radius 2 is 1.93 bits per heavy atom. The second kappa shape index (κ2) is 7.12. The monoisotopic (exact) mass is 371 g/mol. The number of ether oxygens (including phenoxy) is 1.